The number of sulfone groups is 1. The molecule has 3 aromatic rings. The van der Waals surface area contributed by atoms with Gasteiger partial charge in [-0.05, 0) is 43.3 Å². The third-order valence-electron chi connectivity index (χ3n) is 4.77. The summed E-state index contributed by atoms with van der Waals surface area (Å²) in [5.74, 6) is 1.11. The third-order valence-corrected chi connectivity index (χ3v) is 6.43. The molecule has 0 aliphatic carbocycles. The van der Waals surface area contributed by atoms with E-state index in [4.69, 9.17) is 13.9 Å². The molecular weight excluding hydrogens is 392 g/mol. The van der Waals surface area contributed by atoms with E-state index in [1.165, 1.54) is 19.2 Å². The quantitative estimate of drug-likeness (QED) is 0.633. The van der Waals surface area contributed by atoms with Crippen molar-refractivity contribution in [2.24, 2.45) is 0 Å². The number of anilines is 1. The first-order chi connectivity index (χ1) is 14.0. The Bertz CT molecular complexity index is 1100. The summed E-state index contributed by atoms with van der Waals surface area (Å²) in [6, 6.07) is 13.9. The Hall–Kier alpha value is -2.84. The van der Waals surface area contributed by atoms with Crippen molar-refractivity contribution in [1.82, 2.24) is 4.98 Å². The molecule has 2 heterocycles. The number of rotatable bonds is 5. The molecule has 1 fully saturated rings. The van der Waals surface area contributed by atoms with Gasteiger partial charge in [-0.3, -0.25) is 0 Å². The van der Waals surface area contributed by atoms with Crippen molar-refractivity contribution < 1.29 is 22.3 Å². The average molecular weight is 414 g/mol. The number of hydrogen-bond acceptors (Lipinski definition) is 7. The van der Waals surface area contributed by atoms with Crippen LogP contribution in [0, 0.1) is 6.92 Å². The Morgan fingerprint density at radius 3 is 2.45 bits per heavy atom. The zero-order valence-corrected chi connectivity index (χ0v) is 17.1. The monoisotopic (exact) mass is 414 g/mol. The molecule has 152 valence electrons. The van der Waals surface area contributed by atoms with Crippen molar-refractivity contribution >= 4 is 15.7 Å². The molecule has 0 spiro atoms. The molecular formula is C21H22N2O5S. The van der Waals surface area contributed by atoms with Gasteiger partial charge in [-0.1, -0.05) is 17.7 Å². The van der Waals surface area contributed by atoms with Crippen LogP contribution in [0.4, 0.5) is 5.88 Å². The summed E-state index contributed by atoms with van der Waals surface area (Å²) >= 11 is 0. The molecule has 0 unspecified atom stereocenters. The van der Waals surface area contributed by atoms with Crippen LogP contribution in [0.25, 0.3) is 11.5 Å². The van der Waals surface area contributed by atoms with Gasteiger partial charge in [0.25, 0.3) is 0 Å². The molecule has 0 atom stereocenters. The number of hydrogen-bond donors (Lipinski definition) is 0. The first kappa shape index (κ1) is 19.5. The van der Waals surface area contributed by atoms with E-state index in [1.807, 2.05) is 36.1 Å². The Labute approximate surface area is 169 Å². The Kier molecular flexibility index (Phi) is 5.29. The zero-order chi connectivity index (χ0) is 20.4. The molecule has 1 aromatic heterocycles. The first-order valence-electron chi connectivity index (χ1n) is 9.29. The number of benzene rings is 2. The van der Waals surface area contributed by atoms with E-state index in [2.05, 4.69) is 4.98 Å². The molecule has 1 aliphatic heterocycles. The zero-order valence-electron chi connectivity index (χ0n) is 16.3. The molecule has 7 nitrogen and oxygen atoms in total. The van der Waals surface area contributed by atoms with Crippen molar-refractivity contribution in [3.05, 3.63) is 54.1 Å². The molecule has 0 bridgehead atoms. The largest absolute Gasteiger partial charge is 0.497 e. The molecule has 2 aromatic carbocycles. The van der Waals surface area contributed by atoms with Gasteiger partial charge in [0.1, 0.15) is 5.75 Å². The van der Waals surface area contributed by atoms with Crippen LogP contribution in [0.3, 0.4) is 0 Å². The van der Waals surface area contributed by atoms with Gasteiger partial charge in [-0.25, -0.2) is 8.42 Å². The number of aromatic nitrogens is 1. The molecule has 0 radical (unpaired) electrons. The fourth-order valence-electron chi connectivity index (χ4n) is 3.21. The summed E-state index contributed by atoms with van der Waals surface area (Å²) in [4.78, 5) is 6.42. The molecule has 29 heavy (non-hydrogen) atoms. The number of oxazole rings is 1. The normalized spacial score (nSPS) is 14.8. The second-order valence-corrected chi connectivity index (χ2v) is 8.64. The standard InChI is InChI=1S/C21H22N2O5S/c1-15-4-3-5-16(14-15)19-22-20(21(28-19)23-10-12-27-13-11-23)29(24,25)18-8-6-17(26-2)7-9-18/h3-9,14H,10-13H2,1-2H3. The van der Waals surface area contributed by atoms with Gasteiger partial charge in [-0.15, -0.1) is 0 Å². The van der Waals surface area contributed by atoms with Gasteiger partial charge in [-0.2, -0.15) is 4.98 Å². The maximum atomic E-state index is 13.4. The number of aryl methyl sites for hydroxylation is 1. The molecule has 4 rings (SSSR count). The summed E-state index contributed by atoms with van der Waals surface area (Å²) < 4.78 is 43.3. The lowest BCUT2D eigenvalue weighted by atomic mass is 10.1. The minimum atomic E-state index is -3.88. The molecule has 0 amide bonds. The lowest BCUT2D eigenvalue weighted by Gasteiger charge is -2.26. The number of nitrogens with zero attached hydrogens (tertiary/aromatic N) is 2. The van der Waals surface area contributed by atoms with Crippen molar-refractivity contribution in [2.75, 3.05) is 38.3 Å². The summed E-state index contributed by atoms with van der Waals surface area (Å²) in [5, 5.41) is -0.0823. The number of morpholine rings is 1. The molecule has 1 aliphatic rings. The minimum Gasteiger partial charge on any atom is -0.497 e. The summed E-state index contributed by atoms with van der Waals surface area (Å²) in [6.45, 7) is 4.04. The molecule has 1 saturated heterocycles. The van der Waals surface area contributed by atoms with Crippen LogP contribution in [0.15, 0.2) is 62.9 Å². The highest BCUT2D eigenvalue weighted by Crippen LogP contribution is 2.35. The second kappa shape index (κ2) is 7.88. The summed E-state index contributed by atoms with van der Waals surface area (Å²) in [7, 11) is -2.35. The van der Waals surface area contributed by atoms with E-state index in [1.54, 1.807) is 12.1 Å². The smallest absolute Gasteiger partial charge is 0.236 e. The highest BCUT2D eigenvalue weighted by molar-refractivity contribution is 7.91. The number of ether oxygens (including phenoxy) is 2. The second-order valence-electron chi connectivity index (χ2n) is 6.78. The molecule has 0 N–H and O–H groups in total. The van der Waals surface area contributed by atoms with Crippen molar-refractivity contribution in [2.45, 2.75) is 16.8 Å². The predicted molar refractivity (Wildman–Crippen MR) is 108 cm³/mol. The minimum absolute atomic E-state index is 0.0823. The molecule has 8 heteroatoms. The number of methoxy groups -OCH3 is 1. The van der Waals surface area contributed by atoms with Gasteiger partial charge >= 0.3 is 0 Å². The van der Waals surface area contributed by atoms with Gasteiger partial charge in [0.2, 0.25) is 26.6 Å². The topological polar surface area (TPSA) is 81.9 Å². The van der Waals surface area contributed by atoms with Gasteiger partial charge in [0, 0.05) is 18.7 Å². The first-order valence-corrected chi connectivity index (χ1v) is 10.8. The van der Waals surface area contributed by atoms with E-state index in [-0.39, 0.29) is 21.7 Å². The van der Waals surface area contributed by atoms with Crippen molar-refractivity contribution in [1.29, 1.82) is 0 Å². The Balaban J connectivity index is 1.83. The van der Waals surface area contributed by atoms with E-state index < -0.39 is 9.84 Å². The third kappa shape index (κ3) is 3.86. The van der Waals surface area contributed by atoms with Crippen LogP contribution in [0.5, 0.6) is 5.75 Å². The fraction of sp³-hybridized carbons (Fsp3) is 0.286. The highest BCUT2D eigenvalue weighted by atomic mass is 32.2. The van der Waals surface area contributed by atoms with Crippen LogP contribution < -0.4 is 9.64 Å². The van der Waals surface area contributed by atoms with Crippen LogP contribution in [-0.2, 0) is 14.6 Å². The van der Waals surface area contributed by atoms with E-state index in [0.717, 1.165) is 11.1 Å². The van der Waals surface area contributed by atoms with E-state index in [0.29, 0.717) is 32.1 Å². The van der Waals surface area contributed by atoms with Gasteiger partial charge in [0.15, 0.2) is 0 Å². The van der Waals surface area contributed by atoms with E-state index >= 15 is 0 Å². The maximum Gasteiger partial charge on any atom is 0.236 e. The van der Waals surface area contributed by atoms with Gasteiger partial charge in [0.05, 0.1) is 25.2 Å². The van der Waals surface area contributed by atoms with Crippen LogP contribution in [0.1, 0.15) is 5.56 Å². The van der Waals surface area contributed by atoms with Crippen LogP contribution >= 0.6 is 0 Å². The Morgan fingerprint density at radius 2 is 1.79 bits per heavy atom. The SMILES string of the molecule is COc1ccc(S(=O)(=O)c2nc(-c3cccc(C)c3)oc2N2CCOCC2)cc1. The summed E-state index contributed by atoms with van der Waals surface area (Å²) in [6.07, 6.45) is 0. The fourth-order valence-corrected chi connectivity index (χ4v) is 4.53. The molecule has 0 saturated carbocycles. The summed E-state index contributed by atoms with van der Waals surface area (Å²) in [5.41, 5.74) is 1.77. The van der Waals surface area contributed by atoms with Crippen molar-refractivity contribution in [3.8, 4) is 17.2 Å². The average Bonchev–Trinajstić information content (AvgIpc) is 3.21. The Morgan fingerprint density at radius 1 is 1.07 bits per heavy atom. The maximum absolute atomic E-state index is 13.4. The van der Waals surface area contributed by atoms with Gasteiger partial charge < -0.3 is 18.8 Å². The highest BCUT2D eigenvalue weighted by Gasteiger charge is 2.32. The van der Waals surface area contributed by atoms with Crippen LogP contribution in [0.2, 0.25) is 0 Å². The van der Waals surface area contributed by atoms with Crippen LogP contribution in [-0.4, -0.2) is 46.8 Å². The lowest BCUT2D eigenvalue weighted by Crippen LogP contribution is -2.36. The lowest BCUT2D eigenvalue weighted by molar-refractivity contribution is 0.120. The predicted octanol–water partition coefficient (Wildman–Crippen LogP) is 3.33. The van der Waals surface area contributed by atoms with Crippen molar-refractivity contribution in [3.63, 3.8) is 0 Å². The van der Waals surface area contributed by atoms with E-state index in [9.17, 15) is 8.42 Å².